The Morgan fingerprint density at radius 1 is 1.22 bits per heavy atom. The molecule has 2 fully saturated rings. The maximum absolute atomic E-state index is 12.3. The smallest absolute Gasteiger partial charge is 0.239 e. The summed E-state index contributed by atoms with van der Waals surface area (Å²) in [5, 5.41) is 0. The Kier molecular flexibility index (Phi) is 8.34. The molecule has 2 amide bonds. The van der Waals surface area contributed by atoms with Crippen molar-refractivity contribution < 1.29 is 9.59 Å². The summed E-state index contributed by atoms with van der Waals surface area (Å²) in [6.07, 6.45) is 5.61. The Morgan fingerprint density at radius 2 is 1.87 bits per heavy atom. The van der Waals surface area contributed by atoms with Crippen LogP contribution < -0.4 is 5.73 Å². The molecule has 6 heteroatoms. The van der Waals surface area contributed by atoms with Crippen molar-refractivity contribution in [3.8, 4) is 0 Å². The van der Waals surface area contributed by atoms with Crippen molar-refractivity contribution in [3.63, 3.8) is 0 Å². The fourth-order valence-electron chi connectivity index (χ4n) is 3.55. The summed E-state index contributed by atoms with van der Waals surface area (Å²) < 4.78 is 0. The maximum Gasteiger partial charge on any atom is 0.239 e. The summed E-state index contributed by atoms with van der Waals surface area (Å²) in [7, 11) is 0. The van der Waals surface area contributed by atoms with Gasteiger partial charge in [-0.25, -0.2) is 0 Å². The fourth-order valence-corrected chi connectivity index (χ4v) is 3.55. The molecule has 2 aliphatic rings. The molecule has 0 bridgehead atoms. The van der Waals surface area contributed by atoms with Gasteiger partial charge >= 0.3 is 0 Å². The third-order valence-electron chi connectivity index (χ3n) is 4.87. The van der Waals surface area contributed by atoms with Gasteiger partial charge in [0, 0.05) is 32.6 Å². The molecule has 2 aliphatic heterocycles. The fraction of sp³-hybridized carbons (Fsp3) is 0.882. The second-order valence-corrected chi connectivity index (χ2v) is 7.30. The maximum atomic E-state index is 12.3. The van der Waals surface area contributed by atoms with E-state index in [-0.39, 0.29) is 24.4 Å². The lowest BCUT2D eigenvalue weighted by Gasteiger charge is -2.37. The molecule has 0 aliphatic carbocycles. The molecule has 134 valence electrons. The van der Waals surface area contributed by atoms with Crippen molar-refractivity contribution in [1.82, 2.24) is 9.80 Å². The monoisotopic (exact) mass is 345 g/mol. The van der Waals surface area contributed by atoms with E-state index in [4.69, 9.17) is 5.73 Å². The van der Waals surface area contributed by atoms with E-state index in [0.29, 0.717) is 24.2 Å². The number of halogens is 1. The zero-order chi connectivity index (χ0) is 16.1. The number of carbonyl (C=O) groups excluding carboxylic acids is 2. The van der Waals surface area contributed by atoms with Crippen LogP contribution >= 0.6 is 12.4 Å². The van der Waals surface area contributed by atoms with Gasteiger partial charge in [-0.2, -0.15) is 0 Å². The quantitative estimate of drug-likeness (QED) is 0.829. The molecule has 2 N–H and O–H groups in total. The van der Waals surface area contributed by atoms with Crippen LogP contribution in [-0.2, 0) is 9.59 Å². The number of nitrogens with two attached hydrogens (primary N) is 1. The van der Waals surface area contributed by atoms with Crippen molar-refractivity contribution in [2.45, 2.75) is 58.4 Å². The molecule has 0 unspecified atom stereocenters. The van der Waals surface area contributed by atoms with Gasteiger partial charge < -0.3 is 15.5 Å². The summed E-state index contributed by atoms with van der Waals surface area (Å²) in [4.78, 5) is 28.1. The van der Waals surface area contributed by atoms with Crippen molar-refractivity contribution in [2.75, 3.05) is 26.2 Å². The van der Waals surface area contributed by atoms with E-state index in [1.54, 1.807) is 0 Å². The second kappa shape index (κ2) is 9.48. The first-order valence-electron chi connectivity index (χ1n) is 8.79. The molecular weight excluding hydrogens is 314 g/mol. The van der Waals surface area contributed by atoms with E-state index in [1.807, 2.05) is 9.80 Å². The predicted molar refractivity (Wildman–Crippen MR) is 94.4 cm³/mol. The lowest BCUT2D eigenvalue weighted by atomic mass is 9.94. The summed E-state index contributed by atoms with van der Waals surface area (Å²) in [5.41, 5.74) is 6.01. The van der Waals surface area contributed by atoms with Crippen LogP contribution in [0.4, 0.5) is 0 Å². The minimum absolute atomic E-state index is 0. The highest BCUT2D eigenvalue weighted by Crippen LogP contribution is 2.22. The average molecular weight is 346 g/mol. The zero-order valence-corrected chi connectivity index (χ0v) is 15.3. The SMILES string of the molecule is CC(C)C[C@H](N)C(=O)N1CCC(CN2CCCCC2=O)CC1.Cl. The van der Waals surface area contributed by atoms with Crippen LogP contribution in [0.5, 0.6) is 0 Å². The standard InChI is InChI=1S/C17H31N3O2.ClH/c1-13(2)11-15(18)17(22)19-9-6-14(7-10-19)12-20-8-4-3-5-16(20)21;/h13-15H,3-12,18H2,1-2H3;1H/t15-;/m0./s1. The zero-order valence-electron chi connectivity index (χ0n) is 14.5. The van der Waals surface area contributed by atoms with Gasteiger partial charge in [-0.1, -0.05) is 13.8 Å². The van der Waals surface area contributed by atoms with Gasteiger partial charge in [-0.3, -0.25) is 9.59 Å². The van der Waals surface area contributed by atoms with Crippen LogP contribution in [0.1, 0.15) is 52.4 Å². The number of hydrogen-bond donors (Lipinski definition) is 1. The summed E-state index contributed by atoms with van der Waals surface area (Å²) in [6.45, 7) is 7.55. The molecule has 0 aromatic rings. The number of carbonyl (C=O) groups is 2. The van der Waals surface area contributed by atoms with E-state index in [1.165, 1.54) is 0 Å². The molecule has 0 spiro atoms. The molecule has 23 heavy (non-hydrogen) atoms. The Morgan fingerprint density at radius 3 is 2.43 bits per heavy atom. The molecule has 2 saturated heterocycles. The highest BCUT2D eigenvalue weighted by molar-refractivity contribution is 5.85. The van der Waals surface area contributed by atoms with Crippen LogP contribution in [-0.4, -0.2) is 53.8 Å². The Bertz CT molecular complexity index is 395. The van der Waals surface area contributed by atoms with Gasteiger partial charge in [0.1, 0.15) is 0 Å². The van der Waals surface area contributed by atoms with Crippen LogP contribution in [0.3, 0.4) is 0 Å². The van der Waals surface area contributed by atoms with Gasteiger partial charge in [-0.05, 0) is 43.9 Å². The largest absolute Gasteiger partial charge is 0.342 e. The van der Waals surface area contributed by atoms with Crippen molar-refractivity contribution in [2.24, 2.45) is 17.6 Å². The summed E-state index contributed by atoms with van der Waals surface area (Å²) in [5.74, 6) is 1.39. The third-order valence-corrected chi connectivity index (χ3v) is 4.87. The minimum atomic E-state index is -0.361. The third kappa shape index (κ3) is 5.96. The molecule has 2 rings (SSSR count). The van der Waals surface area contributed by atoms with Crippen LogP contribution in [0.25, 0.3) is 0 Å². The highest BCUT2D eigenvalue weighted by atomic mass is 35.5. The van der Waals surface area contributed by atoms with Gasteiger partial charge in [0.15, 0.2) is 0 Å². The summed E-state index contributed by atoms with van der Waals surface area (Å²) >= 11 is 0. The van der Waals surface area contributed by atoms with Gasteiger partial charge in [-0.15, -0.1) is 12.4 Å². The van der Waals surface area contributed by atoms with E-state index < -0.39 is 0 Å². The lowest BCUT2D eigenvalue weighted by Crippen LogP contribution is -2.49. The number of likely N-dealkylation sites (tertiary alicyclic amines) is 2. The van der Waals surface area contributed by atoms with Crippen molar-refractivity contribution in [3.05, 3.63) is 0 Å². The van der Waals surface area contributed by atoms with Gasteiger partial charge in [0.25, 0.3) is 0 Å². The van der Waals surface area contributed by atoms with Crippen LogP contribution in [0.15, 0.2) is 0 Å². The molecular formula is C17H32ClN3O2. The Hall–Kier alpha value is -0.810. The summed E-state index contributed by atoms with van der Waals surface area (Å²) in [6, 6.07) is -0.361. The molecule has 5 nitrogen and oxygen atoms in total. The van der Waals surface area contributed by atoms with Crippen molar-refractivity contribution >= 4 is 24.2 Å². The molecule has 0 aromatic heterocycles. The Balaban J connectivity index is 0.00000264. The average Bonchev–Trinajstić information content (AvgIpc) is 2.49. The molecule has 0 aromatic carbocycles. The van der Waals surface area contributed by atoms with E-state index in [2.05, 4.69) is 13.8 Å². The number of rotatable bonds is 5. The van der Waals surface area contributed by atoms with E-state index >= 15 is 0 Å². The Labute approximate surface area is 146 Å². The van der Waals surface area contributed by atoms with Gasteiger partial charge in [0.2, 0.25) is 11.8 Å². The number of amides is 2. The number of nitrogens with zero attached hydrogens (tertiary/aromatic N) is 2. The van der Waals surface area contributed by atoms with Crippen LogP contribution in [0.2, 0.25) is 0 Å². The lowest BCUT2D eigenvalue weighted by molar-refractivity contribution is -0.137. The van der Waals surface area contributed by atoms with Crippen LogP contribution in [0, 0.1) is 11.8 Å². The highest BCUT2D eigenvalue weighted by Gasteiger charge is 2.28. The first-order chi connectivity index (χ1) is 10.5. The molecule has 1 atom stereocenters. The van der Waals surface area contributed by atoms with Crippen molar-refractivity contribution in [1.29, 1.82) is 0 Å². The topological polar surface area (TPSA) is 66.6 Å². The molecule has 2 heterocycles. The molecule has 0 radical (unpaired) electrons. The predicted octanol–water partition coefficient (Wildman–Crippen LogP) is 2.03. The van der Waals surface area contributed by atoms with E-state index in [9.17, 15) is 9.59 Å². The second-order valence-electron chi connectivity index (χ2n) is 7.30. The minimum Gasteiger partial charge on any atom is -0.342 e. The number of piperidine rings is 2. The normalized spacial score (nSPS) is 21.3. The first-order valence-corrected chi connectivity index (χ1v) is 8.79. The molecule has 0 saturated carbocycles. The first kappa shape index (κ1) is 20.2. The number of hydrogen-bond acceptors (Lipinski definition) is 3. The van der Waals surface area contributed by atoms with Gasteiger partial charge in [0.05, 0.1) is 6.04 Å². The van der Waals surface area contributed by atoms with E-state index in [0.717, 1.165) is 58.3 Å².